The van der Waals surface area contributed by atoms with Crippen LogP contribution in [-0.2, 0) is 0 Å². The van der Waals surface area contributed by atoms with Crippen molar-refractivity contribution < 1.29 is 0 Å². The Kier molecular flexibility index (Phi) is 2.47. The molecule has 3 heteroatoms. The predicted molar refractivity (Wildman–Crippen MR) is 53.7 cm³/mol. The summed E-state index contributed by atoms with van der Waals surface area (Å²) in [6.45, 7) is 0. The molecule has 0 nitrogen and oxygen atoms in total. The van der Waals surface area contributed by atoms with E-state index in [0.717, 1.165) is 0 Å². The Labute approximate surface area is 80.6 Å². The van der Waals surface area contributed by atoms with Crippen molar-refractivity contribution in [3.05, 3.63) is 35.0 Å². The average molecular weight is 241 g/mol. The monoisotopic (exact) mass is 241 g/mol. The fraction of sp³-hybridized carbons (Fsp3) is 0. The summed E-state index contributed by atoms with van der Waals surface area (Å²) in [5.41, 5.74) is 0. The van der Waals surface area contributed by atoms with E-state index in [1.807, 2.05) is 22.7 Å². The van der Waals surface area contributed by atoms with Gasteiger partial charge in [0.1, 0.15) is 0 Å². The van der Waals surface area contributed by atoms with Crippen LogP contribution in [0.4, 0.5) is 0 Å². The first-order valence-electron chi connectivity index (χ1n) is 3.24. The molecule has 1 radical (unpaired) electrons. The quantitative estimate of drug-likeness (QED) is 0.698. The van der Waals surface area contributed by atoms with E-state index in [-0.39, 0.29) is 15.8 Å². The number of hydrogen-bond donors (Lipinski definition) is 0. The van der Waals surface area contributed by atoms with Crippen LogP contribution in [0.2, 0.25) is 0 Å². The second-order valence-corrected chi connectivity index (χ2v) is 7.72. The molecule has 0 saturated carbocycles. The second-order valence-electron chi connectivity index (χ2n) is 2.01. The van der Waals surface area contributed by atoms with Crippen molar-refractivity contribution >= 4 is 45.8 Å². The molecular formula is C8H6AsS2. The molecule has 2 heterocycles. The fourth-order valence-corrected chi connectivity index (χ4v) is 5.67. The van der Waals surface area contributed by atoms with Crippen molar-refractivity contribution in [3.63, 3.8) is 0 Å². The molecule has 0 amide bonds. The fourth-order valence-electron chi connectivity index (χ4n) is 0.776. The zero-order valence-electron chi connectivity index (χ0n) is 5.73. The van der Waals surface area contributed by atoms with Gasteiger partial charge in [0.25, 0.3) is 0 Å². The Morgan fingerprint density at radius 3 is 1.82 bits per heavy atom. The number of rotatable bonds is 2. The molecule has 0 spiro atoms. The van der Waals surface area contributed by atoms with Crippen molar-refractivity contribution in [3.8, 4) is 0 Å². The number of thiophene rings is 2. The van der Waals surface area contributed by atoms with Gasteiger partial charge in [-0.2, -0.15) is 0 Å². The average Bonchev–Trinajstić information content (AvgIpc) is 2.60. The molecule has 0 bridgehead atoms. The van der Waals surface area contributed by atoms with Gasteiger partial charge in [-0.1, -0.05) is 0 Å². The van der Waals surface area contributed by atoms with Crippen LogP contribution in [0.1, 0.15) is 0 Å². The van der Waals surface area contributed by atoms with Crippen molar-refractivity contribution in [2.45, 2.75) is 0 Å². The summed E-state index contributed by atoms with van der Waals surface area (Å²) in [5, 5.41) is 4.30. The van der Waals surface area contributed by atoms with Crippen molar-refractivity contribution in [2.24, 2.45) is 0 Å². The van der Waals surface area contributed by atoms with Crippen LogP contribution in [0.5, 0.6) is 0 Å². The topological polar surface area (TPSA) is 0 Å². The molecule has 0 unspecified atom stereocenters. The first kappa shape index (κ1) is 7.60. The normalized spacial score (nSPS) is 10.2. The van der Waals surface area contributed by atoms with Crippen LogP contribution in [0.3, 0.4) is 0 Å². The van der Waals surface area contributed by atoms with Gasteiger partial charge in [-0.3, -0.25) is 0 Å². The van der Waals surface area contributed by atoms with Gasteiger partial charge in [-0.05, 0) is 0 Å². The van der Waals surface area contributed by atoms with Gasteiger partial charge in [-0.15, -0.1) is 0 Å². The number of hydrogen-bond acceptors (Lipinski definition) is 2. The van der Waals surface area contributed by atoms with Crippen LogP contribution in [0.25, 0.3) is 0 Å². The maximum atomic E-state index is 2.23. The van der Waals surface area contributed by atoms with E-state index in [4.69, 9.17) is 0 Å². The van der Waals surface area contributed by atoms with Gasteiger partial charge in [-0.25, -0.2) is 0 Å². The molecule has 0 N–H and O–H groups in total. The molecule has 0 aliphatic carbocycles. The van der Waals surface area contributed by atoms with Crippen LogP contribution in [-0.4, -0.2) is 15.8 Å². The van der Waals surface area contributed by atoms with E-state index in [9.17, 15) is 0 Å². The summed E-state index contributed by atoms with van der Waals surface area (Å²) in [5.74, 6) is 0. The van der Waals surface area contributed by atoms with Gasteiger partial charge in [0.05, 0.1) is 0 Å². The van der Waals surface area contributed by atoms with Crippen molar-refractivity contribution in [1.29, 1.82) is 0 Å². The van der Waals surface area contributed by atoms with Crippen molar-refractivity contribution in [1.82, 2.24) is 0 Å². The Morgan fingerprint density at radius 2 is 1.45 bits per heavy atom. The van der Waals surface area contributed by atoms with Gasteiger partial charge in [0, 0.05) is 0 Å². The summed E-state index contributed by atoms with van der Waals surface area (Å²) < 4.78 is 3.09. The summed E-state index contributed by atoms with van der Waals surface area (Å²) in [6.07, 6.45) is 0. The molecule has 2 rings (SSSR count). The van der Waals surface area contributed by atoms with Gasteiger partial charge < -0.3 is 0 Å². The van der Waals surface area contributed by atoms with Crippen LogP contribution in [0, 0.1) is 0 Å². The third kappa shape index (κ3) is 1.96. The van der Waals surface area contributed by atoms with Crippen molar-refractivity contribution in [2.75, 3.05) is 0 Å². The Morgan fingerprint density at radius 1 is 0.909 bits per heavy atom. The summed E-state index contributed by atoms with van der Waals surface area (Å²) in [7, 11) is 0. The molecular weight excluding hydrogens is 235 g/mol. The summed E-state index contributed by atoms with van der Waals surface area (Å²) in [6, 6.07) is 8.71. The zero-order chi connectivity index (χ0) is 7.52. The van der Waals surface area contributed by atoms with Crippen LogP contribution >= 0.6 is 22.7 Å². The molecule has 0 atom stereocenters. The molecule has 11 heavy (non-hydrogen) atoms. The molecule has 0 fully saturated rings. The molecule has 2 aromatic rings. The van der Waals surface area contributed by atoms with Crippen LogP contribution in [0.15, 0.2) is 35.0 Å². The molecule has 0 saturated heterocycles. The Hall–Kier alpha value is -0.0416. The molecule has 0 aromatic carbocycles. The molecule has 55 valence electrons. The zero-order valence-corrected chi connectivity index (χ0v) is 9.24. The Balaban J connectivity index is 2.14. The van der Waals surface area contributed by atoms with E-state index in [1.165, 1.54) is 0 Å². The van der Waals surface area contributed by atoms with E-state index in [1.54, 1.807) is 7.33 Å². The van der Waals surface area contributed by atoms with Gasteiger partial charge in [0.15, 0.2) is 0 Å². The van der Waals surface area contributed by atoms with E-state index >= 15 is 0 Å². The van der Waals surface area contributed by atoms with Gasteiger partial charge in [0.2, 0.25) is 0 Å². The molecule has 0 aliphatic heterocycles. The predicted octanol–water partition coefficient (Wildman–Crippen LogP) is 1.46. The third-order valence-corrected chi connectivity index (χ3v) is 6.40. The minimum atomic E-state index is 0.284. The molecule has 0 aliphatic rings. The second kappa shape index (κ2) is 3.57. The van der Waals surface area contributed by atoms with E-state index in [0.29, 0.717) is 0 Å². The van der Waals surface area contributed by atoms with Crippen LogP contribution < -0.4 is 7.33 Å². The summed E-state index contributed by atoms with van der Waals surface area (Å²) >= 11 is 4.02. The molecule has 2 aromatic heterocycles. The maximum absolute atomic E-state index is 2.23. The summed E-state index contributed by atoms with van der Waals surface area (Å²) in [4.78, 5) is 0. The minimum absolute atomic E-state index is 0.284. The first-order valence-corrected chi connectivity index (χ1v) is 6.87. The van der Waals surface area contributed by atoms with Gasteiger partial charge >= 0.3 is 80.8 Å². The SMILES string of the molecule is c1csc([As]c2cccs2)c1. The van der Waals surface area contributed by atoms with E-state index < -0.39 is 0 Å². The standard InChI is InChI=1S/C8H6AsS2/c1-3-7(10-5-1)9-8-4-2-6-11-8/h1-6H. The third-order valence-electron chi connectivity index (χ3n) is 1.23. The Bertz CT molecular complexity index is 264. The first-order chi connectivity index (χ1) is 5.45. The van der Waals surface area contributed by atoms with E-state index in [2.05, 4.69) is 35.0 Å².